The van der Waals surface area contributed by atoms with Gasteiger partial charge in [0.25, 0.3) is 0 Å². The first-order valence-corrected chi connectivity index (χ1v) is 3.78. The molecule has 2 heterocycles. The van der Waals surface area contributed by atoms with Gasteiger partial charge < -0.3 is 0 Å². The summed E-state index contributed by atoms with van der Waals surface area (Å²) in [6.07, 6.45) is 3.04. The number of hydrogen-bond donors (Lipinski definition) is 0. The maximum Gasteiger partial charge on any atom is 0.154 e. The van der Waals surface area contributed by atoms with Crippen LogP contribution >= 0.6 is 11.6 Å². The molecule has 0 aliphatic heterocycles. The van der Waals surface area contributed by atoms with Crippen LogP contribution in [0.2, 0.25) is 5.15 Å². The SMILES string of the molecule is [2H]c1cnn(-c2ccccn2)c1Cl. The summed E-state index contributed by atoms with van der Waals surface area (Å²) in [6.45, 7) is 0. The third kappa shape index (κ3) is 1.19. The average Bonchev–Trinajstić information content (AvgIpc) is 2.49. The summed E-state index contributed by atoms with van der Waals surface area (Å²) in [5, 5.41) is 4.20. The first kappa shape index (κ1) is 6.20. The normalized spacial score (nSPS) is 11.2. The number of aromatic nitrogens is 3. The summed E-state index contributed by atoms with van der Waals surface area (Å²) in [4.78, 5) is 4.06. The Balaban J connectivity index is 2.53. The Hall–Kier alpha value is -1.35. The van der Waals surface area contributed by atoms with Gasteiger partial charge in [-0.1, -0.05) is 17.7 Å². The van der Waals surface area contributed by atoms with Crippen molar-refractivity contribution in [2.24, 2.45) is 0 Å². The van der Waals surface area contributed by atoms with Crippen LogP contribution in [0.4, 0.5) is 0 Å². The number of nitrogens with zero attached hydrogens (tertiary/aromatic N) is 3. The van der Waals surface area contributed by atoms with Gasteiger partial charge in [-0.25, -0.2) is 9.67 Å². The summed E-state index contributed by atoms with van der Waals surface area (Å²) < 4.78 is 8.77. The van der Waals surface area contributed by atoms with E-state index in [0.29, 0.717) is 5.82 Å². The molecule has 4 heteroatoms. The number of halogens is 1. The molecule has 0 atom stereocenters. The molecule has 0 N–H and O–H groups in total. The van der Waals surface area contributed by atoms with Crippen molar-refractivity contribution < 1.29 is 1.37 Å². The van der Waals surface area contributed by atoms with Gasteiger partial charge in [-0.15, -0.1) is 0 Å². The molecule has 2 aromatic rings. The van der Waals surface area contributed by atoms with Gasteiger partial charge in [-0.3, -0.25) is 0 Å². The maximum atomic E-state index is 7.35. The lowest BCUT2D eigenvalue weighted by Gasteiger charge is -1.99. The second kappa shape index (κ2) is 2.95. The fraction of sp³-hybridized carbons (Fsp3) is 0. The first-order valence-electron chi connectivity index (χ1n) is 3.90. The minimum atomic E-state index is 0.201. The van der Waals surface area contributed by atoms with Gasteiger partial charge in [0, 0.05) is 6.20 Å². The van der Waals surface area contributed by atoms with Crippen LogP contribution in [0, 0.1) is 0 Å². The Morgan fingerprint density at radius 2 is 2.33 bits per heavy atom. The summed E-state index contributed by atoms with van der Waals surface area (Å²) >= 11 is 5.82. The molecule has 12 heavy (non-hydrogen) atoms. The second-order valence-electron chi connectivity index (χ2n) is 2.18. The molecule has 0 aliphatic carbocycles. The molecule has 0 fully saturated rings. The molecule has 0 aromatic carbocycles. The molecule has 0 spiro atoms. The van der Waals surface area contributed by atoms with Gasteiger partial charge in [-0.2, -0.15) is 5.10 Å². The zero-order chi connectivity index (χ0) is 9.26. The second-order valence-corrected chi connectivity index (χ2v) is 2.54. The van der Waals surface area contributed by atoms with E-state index in [-0.39, 0.29) is 11.2 Å². The van der Waals surface area contributed by atoms with Crippen molar-refractivity contribution in [3.05, 3.63) is 41.8 Å². The molecule has 0 aliphatic rings. The van der Waals surface area contributed by atoms with Gasteiger partial charge in [0.2, 0.25) is 0 Å². The first-order chi connectivity index (χ1) is 6.29. The Kier molecular flexibility index (Phi) is 1.52. The van der Waals surface area contributed by atoms with E-state index in [9.17, 15) is 0 Å². The molecular weight excluding hydrogens is 174 g/mol. The van der Waals surface area contributed by atoms with Crippen LogP contribution in [-0.4, -0.2) is 14.8 Å². The van der Waals surface area contributed by atoms with Crippen molar-refractivity contribution in [1.29, 1.82) is 0 Å². The molecule has 60 valence electrons. The number of pyridine rings is 1. The molecule has 2 aromatic heterocycles. The topological polar surface area (TPSA) is 30.7 Å². The van der Waals surface area contributed by atoms with Crippen LogP contribution in [0.15, 0.2) is 36.6 Å². The zero-order valence-corrected chi connectivity index (χ0v) is 6.86. The summed E-state index contributed by atoms with van der Waals surface area (Å²) in [5.74, 6) is 0.617. The van der Waals surface area contributed by atoms with Crippen molar-refractivity contribution in [1.82, 2.24) is 14.8 Å². The van der Waals surface area contributed by atoms with Crippen LogP contribution in [0.25, 0.3) is 5.82 Å². The predicted molar refractivity (Wildman–Crippen MR) is 46.4 cm³/mol. The lowest BCUT2D eigenvalue weighted by Crippen LogP contribution is -1.97. The largest absolute Gasteiger partial charge is 0.237 e. The van der Waals surface area contributed by atoms with Crippen LogP contribution in [0.5, 0.6) is 0 Å². The summed E-state index contributed by atoms with van der Waals surface area (Å²) in [5.41, 5.74) is 0. The van der Waals surface area contributed by atoms with E-state index in [0.717, 1.165) is 0 Å². The molecule has 0 amide bonds. The fourth-order valence-corrected chi connectivity index (χ4v) is 1.07. The standard InChI is InChI=1S/C8H6ClN3/c9-7-4-6-11-12(7)8-3-1-2-5-10-8/h1-6H/i4D. The van der Waals surface area contributed by atoms with E-state index in [1.165, 1.54) is 10.9 Å². The molecule has 0 saturated heterocycles. The molecule has 2 rings (SSSR count). The van der Waals surface area contributed by atoms with Crippen molar-refractivity contribution in [2.45, 2.75) is 0 Å². The summed E-state index contributed by atoms with van der Waals surface area (Å²) in [6, 6.07) is 5.62. The van der Waals surface area contributed by atoms with Crippen LogP contribution in [-0.2, 0) is 0 Å². The predicted octanol–water partition coefficient (Wildman–Crippen LogP) is 1.92. The van der Waals surface area contributed by atoms with Crippen molar-refractivity contribution in [3.63, 3.8) is 0 Å². The van der Waals surface area contributed by atoms with Gasteiger partial charge in [0.15, 0.2) is 5.82 Å². The maximum absolute atomic E-state index is 7.35. The Morgan fingerprint density at radius 3 is 2.92 bits per heavy atom. The van der Waals surface area contributed by atoms with Crippen LogP contribution in [0.1, 0.15) is 1.37 Å². The van der Waals surface area contributed by atoms with E-state index >= 15 is 0 Å². The lowest BCUT2D eigenvalue weighted by atomic mass is 10.5. The minimum absolute atomic E-state index is 0.201. The highest BCUT2D eigenvalue weighted by atomic mass is 35.5. The summed E-state index contributed by atoms with van der Waals surface area (Å²) in [7, 11) is 0. The number of hydrogen-bond acceptors (Lipinski definition) is 2. The smallest absolute Gasteiger partial charge is 0.154 e. The van der Waals surface area contributed by atoms with Gasteiger partial charge in [0.05, 0.1) is 7.57 Å². The van der Waals surface area contributed by atoms with E-state index < -0.39 is 0 Å². The van der Waals surface area contributed by atoms with Crippen molar-refractivity contribution >= 4 is 11.6 Å². The molecule has 0 saturated carbocycles. The molecule has 0 unspecified atom stereocenters. The highest BCUT2D eigenvalue weighted by Crippen LogP contribution is 2.11. The average molecular weight is 181 g/mol. The lowest BCUT2D eigenvalue weighted by molar-refractivity contribution is 0.848. The Bertz CT molecular complexity index is 413. The third-order valence-electron chi connectivity index (χ3n) is 1.41. The van der Waals surface area contributed by atoms with Crippen molar-refractivity contribution in [2.75, 3.05) is 0 Å². The highest BCUT2D eigenvalue weighted by Gasteiger charge is 2.00. The van der Waals surface area contributed by atoms with Gasteiger partial charge in [-0.05, 0) is 18.2 Å². The van der Waals surface area contributed by atoms with Crippen LogP contribution in [0.3, 0.4) is 0 Å². The molecule has 3 nitrogen and oxygen atoms in total. The van der Waals surface area contributed by atoms with E-state index in [4.69, 9.17) is 13.0 Å². The van der Waals surface area contributed by atoms with Crippen LogP contribution < -0.4 is 0 Å². The third-order valence-corrected chi connectivity index (χ3v) is 1.68. The van der Waals surface area contributed by atoms with E-state index in [1.54, 1.807) is 12.3 Å². The monoisotopic (exact) mass is 180 g/mol. The van der Waals surface area contributed by atoms with E-state index in [1.807, 2.05) is 12.1 Å². The molecular formula is C8H6ClN3. The minimum Gasteiger partial charge on any atom is -0.237 e. The Labute approximate surface area is 76.0 Å². The fourth-order valence-electron chi connectivity index (χ4n) is 0.890. The highest BCUT2D eigenvalue weighted by molar-refractivity contribution is 6.29. The molecule has 0 radical (unpaired) electrons. The van der Waals surface area contributed by atoms with Crippen molar-refractivity contribution in [3.8, 4) is 5.82 Å². The number of rotatable bonds is 1. The van der Waals surface area contributed by atoms with Gasteiger partial charge >= 0.3 is 0 Å². The molecule has 0 bridgehead atoms. The van der Waals surface area contributed by atoms with Gasteiger partial charge in [0.1, 0.15) is 5.15 Å². The zero-order valence-electron chi connectivity index (χ0n) is 7.11. The van der Waals surface area contributed by atoms with E-state index in [2.05, 4.69) is 10.1 Å². The Morgan fingerprint density at radius 1 is 1.42 bits per heavy atom. The quantitative estimate of drug-likeness (QED) is 0.672.